The molecule has 0 rings (SSSR count). The summed E-state index contributed by atoms with van der Waals surface area (Å²) in [6.45, 7) is 6.48. The molecule has 0 spiro atoms. The second kappa shape index (κ2) is 6.20. The molecule has 4 heteroatoms. The molecule has 4 nitrogen and oxygen atoms in total. The van der Waals surface area contributed by atoms with E-state index in [0.717, 1.165) is 0 Å². The van der Waals surface area contributed by atoms with Crippen molar-refractivity contribution in [2.75, 3.05) is 19.8 Å². The highest BCUT2D eigenvalue weighted by Crippen LogP contribution is 2.12. The summed E-state index contributed by atoms with van der Waals surface area (Å²) in [5.41, 5.74) is -0.391. The van der Waals surface area contributed by atoms with Crippen molar-refractivity contribution in [3.05, 3.63) is 0 Å². The van der Waals surface area contributed by atoms with E-state index in [2.05, 4.69) is 5.92 Å². The highest BCUT2D eigenvalue weighted by Gasteiger charge is 2.25. The lowest BCUT2D eigenvalue weighted by Crippen LogP contribution is -2.47. The smallest absolute Gasteiger partial charge is 0.287 e. The fourth-order valence-corrected chi connectivity index (χ4v) is 1.13. The Hall–Kier alpha value is -1.34. The van der Waals surface area contributed by atoms with Crippen LogP contribution in [-0.2, 0) is 14.3 Å². The van der Waals surface area contributed by atoms with Gasteiger partial charge in [-0.3, -0.25) is 9.59 Å². The highest BCUT2D eigenvalue weighted by molar-refractivity contribution is 6.23. The summed E-state index contributed by atoms with van der Waals surface area (Å²) in [6, 6.07) is 0. The fourth-order valence-electron chi connectivity index (χ4n) is 1.13. The molecule has 1 amide bonds. The Morgan fingerprint density at radius 3 is 2.53 bits per heavy atom. The van der Waals surface area contributed by atoms with Gasteiger partial charge in [-0.15, -0.1) is 6.42 Å². The number of rotatable bonds is 5. The Morgan fingerprint density at radius 2 is 2.13 bits per heavy atom. The molecule has 0 N–H and O–H groups in total. The van der Waals surface area contributed by atoms with E-state index in [1.807, 2.05) is 20.8 Å². The number of hydrogen-bond donors (Lipinski definition) is 0. The van der Waals surface area contributed by atoms with Crippen LogP contribution in [0.1, 0.15) is 20.8 Å². The molecule has 0 aliphatic heterocycles. The van der Waals surface area contributed by atoms with Crippen LogP contribution >= 0.6 is 0 Å². The third-order valence-electron chi connectivity index (χ3n) is 1.82. The van der Waals surface area contributed by atoms with Gasteiger partial charge >= 0.3 is 0 Å². The van der Waals surface area contributed by atoms with Crippen molar-refractivity contribution < 1.29 is 14.3 Å². The second-order valence-electron chi connectivity index (χ2n) is 4.04. The second-order valence-corrected chi connectivity index (χ2v) is 4.04. The molecule has 0 bridgehead atoms. The summed E-state index contributed by atoms with van der Waals surface area (Å²) < 4.78 is 5.06. The largest absolute Gasteiger partial charge is 0.367 e. The molecular weight excluding hydrogens is 194 g/mol. The first-order chi connectivity index (χ1) is 6.93. The van der Waals surface area contributed by atoms with Crippen molar-refractivity contribution >= 4 is 12.2 Å². The van der Waals surface area contributed by atoms with E-state index < -0.39 is 11.4 Å². The quantitative estimate of drug-likeness (QED) is 0.287. The van der Waals surface area contributed by atoms with E-state index in [0.29, 0.717) is 19.4 Å². The summed E-state index contributed by atoms with van der Waals surface area (Å²) in [5.74, 6) is 1.79. The zero-order valence-corrected chi connectivity index (χ0v) is 9.45. The number of terminal acetylenes is 1. The number of aldehydes is 1. The van der Waals surface area contributed by atoms with Crippen LogP contribution in [0.15, 0.2) is 0 Å². The Bertz CT molecular complexity index is 260. The van der Waals surface area contributed by atoms with Crippen LogP contribution in [0.3, 0.4) is 0 Å². The van der Waals surface area contributed by atoms with Crippen LogP contribution in [0.25, 0.3) is 0 Å². The Labute approximate surface area is 90.6 Å². The van der Waals surface area contributed by atoms with Gasteiger partial charge in [0.2, 0.25) is 6.29 Å². The fraction of sp³-hybridized carbons (Fsp3) is 0.636. The molecule has 0 fully saturated rings. The maximum Gasteiger partial charge on any atom is 0.287 e. The topological polar surface area (TPSA) is 46.6 Å². The number of carbonyl (C=O) groups is 2. The number of nitrogens with zero attached hydrogens (tertiary/aromatic N) is 1. The van der Waals surface area contributed by atoms with E-state index in [1.54, 1.807) is 0 Å². The molecule has 0 unspecified atom stereocenters. The number of ether oxygens (including phenoxy) is 1. The molecule has 0 saturated carbocycles. The molecule has 0 aromatic heterocycles. The van der Waals surface area contributed by atoms with Crippen LogP contribution in [0, 0.1) is 12.3 Å². The summed E-state index contributed by atoms with van der Waals surface area (Å²) in [7, 11) is 0. The van der Waals surface area contributed by atoms with Gasteiger partial charge in [-0.05, 0) is 20.8 Å². The van der Waals surface area contributed by atoms with Crippen molar-refractivity contribution in [2.24, 2.45) is 0 Å². The molecule has 84 valence electrons. The van der Waals surface area contributed by atoms with Gasteiger partial charge in [0.15, 0.2) is 0 Å². The van der Waals surface area contributed by atoms with Gasteiger partial charge in [0, 0.05) is 12.1 Å². The number of amides is 1. The predicted octanol–water partition coefficient (Wildman–Crippen LogP) is 0.462. The Balaban J connectivity index is 4.22. The summed E-state index contributed by atoms with van der Waals surface area (Å²) in [6.07, 6.45) is 5.32. The van der Waals surface area contributed by atoms with Crippen LogP contribution < -0.4 is 0 Å². The predicted molar refractivity (Wildman–Crippen MR) is 57.2 cm³/mol. The summed E-state index contributed by atoms with van der Waals surface area (Å²) >= 11 is 0. The third-order valence-corrected chi connectivity index (χ3v) is 1.82. The molecule has 15 heavy (non-hydrogen) atoms. The maximum atomic E-state index is 11.3. The molecule has 0 aromatic carbocycles. The first kappa shape index (κ1) is 13.7. The third kappa shape index (κ3) is 5.18. The van der Waals surface area contributed by atoms with Gasteiger partial charge in [0.25, 0.3) is 5.91 Å². The van der Waals surface area contributed by atoms with E-state index in [1.165, 1.54) is 4.90 Å². The Kier molecular flexibility index (Phi) is 5.65. The molecule has 0 heterocycles. The van der Waals surface area contributed by atoms with Crippen LogP contribution in [0.5, 0.6) is 0 Å². The van der Waals surface area contributed by atoms with E-state index >= 15 is 0 Å². The van der Waals surface area contributed by atoms with Gasteiger partial charge in [-0.25, -0.2) is 0 Å². The standard InChI is InChI=1S/C11H17NO3/c1-5-7-15-8-6-12(10(14)9-13)11(2,3)4/h1,9H,6-8H2,2-4H3. The van der Waals surface area contributed by atoms with Gasteiger partial charge in [-0.1, -0.05) is 5.92 Å². The Morgan fingerprint density at radius 1 is 1.53 bits per heavy atom. The molecule has 0 atom stereocenters. The monoisotopic (exact) mass is 211 g/mol. The lowest BCUT2D eigenvalue weighted by Gasteiger charge is -2.34. The van der Waals surface area contributed by atoms with Crippen molar-refractivity contribution in [3.8, 4) is 12.3 Å². The van der Waals surface area contributed by atoms with Gasteiger partial charge in [0.05, 0.1) is 6.61 Å². The van der Waals surface area contributed by atoms with Gasteiger partial charge in [0.1, 0.15) is 6.61 Å². The van der Waals surface area contributed by atoms with E-state index in [-0.39, 0.29) is 6.61 Å². The lowest BCUT2D eigenvalue weighted by atomic mass is 10.1. The lowest BCUT2D eigenvalue weighted by molar-refractivity contribution is -0.143. The highest BCUT2D eigenvalue weighted by atomic mass is 16.5. The van der Waals surface area contributed by atoms with Crippen LogP contribution in [0.2, 0.25) is 0 Å². The van der Waals surface area contributed by atoms with Gasteiger partial charge in [-0.2, -0.15) is 0 Å². The molecule has 0 aliphatic rings. The van der Waals surface area contributed by atoms with Crippen molar-refractivity contribution in [1.29, 1.82) is 0 Å². The molecular formula is C11H17NO3. The minimum atomic E-state index is -0.535. The minimum absolute atomic E-state index is 0.216. The zero-order valence-electron chi connectivity index (χ0n) is 9.45. The molecule has 0 aliphatic carbocycles. The molecule has 0 saturated heterocycles. The normalized spacial score (nSPS) is 10.5. The maximum absolute atomic E-state index is 11.3. The van der Waals surface area contributed by atoms with Crippen LogP contribution in [0.4, 0.5) is 0 Å². The summed E-state index contributed by atoms with van der Waals surface area (Å²) in [4.78, 5) is 23.2. The van der Waals surface area contributed by atoms with Crippen LogP contribution in [-0.4, -0.2) is 42.4 Å². The van der Waals surface area contributed by atoms with E-state index in [9.17, 15) is 9.59 Å². The van der Waals surface area contributed by atoms with Crippen molar-refractivity contribution in [3.63, 3.8) is 0 Å². The number of hydrogen-bond acceptors (Lipinski definition) is 3. The SMILES string of the molecule is C#CCOCCN(C(=O)C=O)C(C)(C)C. The molecule has 0 radical (unpaired) electrons. The average molecular weight is 211 g/mol. The van der Waals surface area contributed by atoms with Crippen molar-refractivity contribution in [2.45, 2.75) is 26.3 Å². The first-order valence-electron chi connectivity index (χ1n) is 4.71. The average Bonchev–Trinajstić information content (AvgIpc) is 2.15. The zero-order chi connectivity index (χ0) is 11.9. The van der Waals surface area contributed by atoms with E-state index in [4.69, 9.17) is 11.2 Å². The van der Waals surface area contributed by atoms with Gasteiger partial charge < -0.3 is 9.64 Å². The first-order valence-corrected chi connectivity index (χ1v) is 4.71. The molecule has 0 aromatic rings. The summed E-state index contributed by atoms with van der Waals surface area (Å²) in [5, 5.41) is 0. The van der Waals surface area contributed by atoms with Crippen molar-refractivity contribution in [1.82, 2.24) is 4.90 Å². The number of carbonyl (C=O) groups excluding carboxylic acids is 2. The minimum Gasteiger partial charge on any atom is -0.367 e.